The van der Waals surface area contributed by atoms with E-state index in [1.165, 1.54) is 6.07 Å². The van der Waals surface area contributed by atoms with Crippen LogP contribution in [0.2, 0.25) is 0 Å². The lowest BCUT2D eigenvalue weighted by atomic mass is 9.89. The smallest absolute Gasteiger partial charge is 0.376 e. The molecule has 312 valence electrons. The predicted molar refractivity (Wildman–Crippen MR) is 213 cm³/mol. The summed E-state index contributed by atoms with van der Waals surface area (Å²) >= 11 is 5.70. The number of rotatable bonds is 12. The van der Waals surface area contributed by atoms with Crippen LogP contribution in [0.15, 0.2) is 36.5 Å². The fourth-order valence-electron chi connectivity index (χ4n) is 8.72. The number of nitriles is 1. The van der Waals surface area contributed by atoms with E-state index in [0.717, 1.165) is 30.0 Å². The summed E-state index contributed by atoms with van der Waals surface area (Å²) in [6.07, 6.45) is 1.32. The minimum atomic E-state index is -4.83. The van der Waals surface area contributed by atoms with Crippen molar-refractivity contribution in [2.45, 2.75) is 134 Å². The number of benzene rings is 1. The van der Waals surface area contributed by atoms with Crippen LogP contribution in [-0.4, -0.2) is 105 Å². The molecule has 1 aromatic heterocycles. The molecule has 2 saturated heterocycles. The SMILES string of the molecule is C[C@@H]1CC(OCCOC2CCC(N3C(=S)N(c4cnc(C#N)c(C(F)(F)F)c4)C(=O)C3(C)C)CC2)C[C@H](C)N1CC(=O)Nc1cccc(NC2CCC(=O)CC2=O)c1. The first-order valence-electron chi connectivity index (χ1n) is 19.8. The van der Waals surface area contributed by atoms with Crippen molar-refractivity contribution in [1.29, 1.82) is 5.26 Å². The number of aromatic nitrogens is 1. The number of likely N-dealkylation sites (tertiary alicyclic amines) is 1. The molecule has 58 heavy (non-hydrogen) atoms. The first-order chi connectivity index (χ1) is 27.5. The maximum absolute atomic E-state index is 13.7. The van der Waals surface area contributed by atoms with E-state index < -0.39 is 34.9 Å². The number of hydrogen-bond acceptors (Lipinski definition) is 11. The van der Waals surface area contributed by atoms with Crippen LogP contribution >= 0.6 is 12.2 Å². The fourth-order valence-corrected chi connectivity index (χ4v) is 9.29. The highest BCUT2D eigenvalue weighted by molar-refractivity contribution is 7.80. The average molecular weight is 826 g/mol. The maximum atomic E-state index is 13.7. The Kier molecular flexibility index (Phi) is 13.2. The number of nitrogens with one attached hydrogen (secondary N) is 2. The van der Waals surface area contributed by atoms with Crippen LogP contribution < -0.4 is 15.5 Å². The third-order valence-electron chi connectivity index (χ3n) is 11.7. The number of nitrogens with zero attached hydrogens (tertiary/aromatic N) is 5. The zero-order valence-electron chi connectivity index (χ0n) is 33.1. The maximum Gasteiger partial charge on any atom is 0.419 e. The van der Waals surface area contributed by atoms with Crippen LogP contribution in [0.25, 0.3) is 0 Å². The van der Waals surface area contributed by atoms with Crippen molar-refractivity contribution in [3.8, 4) is 6.07 Å². The van der Waals surface area contributed by atoms with Gasteiger partial charge in [-0.15, -0.1) is 0 Å². The molecule has 2 aliphatic carbocycles. The van der Waals surface area contributed by atoms with Crippen molar-refractivity contribution in [2.75, 3.05) is 35.3 Å². The van der Waals surface area contributed by atoms with E-state index in [0.29, 0.717) is 63.1 Å². The summed E-state index contributed by atoms with van der Waals surface area (Å²) in [5, 5.41) is 15.4. The Morgan fingerprint density at radius 2 is 1.66 bits per heavy atom. The number of ether oxygens (including phenoxy) is 2. The van der Waals surface area contributed by atoms with Crippen LogP contribution in [-0.2, 0) is 34.8 Å². The number of Topliss-reactive ketones (excluding diaryl/α,β-unsaturated/α-hetero) is 2. The molecule has 1 aromatic carbocycles. The van der Waals surface area contributed by atoms with E-state index >= 15 is 0 Å². The number of halogens is 3. The molecule has 4 aliphatic rings. The Morgan fingerprint density at radius 3 is 2.29 bits per heavy atom. The van der Waals surface area contributed by atoms with E-state index in [4.69, 9.17) is 27.0 Å². The summed E-state index contributed by atoms with van der Waals surface area (Å²) in [6.45, 7) is 8.64. The number of amides is 2. The molecule has 2 aliphatic heterocycles. The van der Waals surface area contributed by atoms with Crippen LogP contribution in [0.5, 0.6) is 0 Å². The van der Waals surface area contributed by atoms with Gasteiger partial charge in [-0.25, -0.2) is 4.98 Å². The minimum Gasteiger partial charge on any atom is -0.376 e. The number of alkyl halides is 3. The molecule has 2 aromatic rings. The van der Waals surface area contributed by atoms with Crippen molar-refractivity contribution in [2.24, 2.45) is 0 Å². The lowest BCUT2D eigenvalue weighted by Crippen LogP contribution is -2.51. The monoisotopic (exact) mass is 825 g/mol. The van der Waals surface area contributed by atoms with Crippen molar-refractivity contribution in [3.05, 3.63) is 47.8 Å². The van der Waals surface area contributed by atoms with Gasteiger partial charge >= 0.3 is 6.18 Å². The molecule has 4 fully saturated rings. The zero-order chi connectivity index (χ0) is 41.9. The summed E-state index contributed by atoms with van der Waals surface area (Å²) in [6, 6.07) is 9.12. The van der Waals surface area contributed by atoms with E-state index in [1.54, 1.807) is 26.0 Å². The van der Waals surface area contributed by atoms with Crippen molar-refractivity contribution in [3.63, 3.8) is 0 Å². The molecule has 3 heterocycles. The zero-order valence-corrected chi connectivity index (χ0v) is 34.0. The average Bonchev–Trinajstić information content (AvgIpc) is 3.34. The first-order valence-corrected chi connectivity index (χ1v) is 20.2. The highest BCUT2D eigenvalue weighted by atomic mass is 32.1. The summed E-state index contributed by atoms with van der Waals surface area (Å²) in [7, 11) is 0. The topological polar surface area (TPSA) is 157 Å². The molecular formula is C41H50F3N7O6S. The van der Waals surface area contributed by atoms with Crippen LogP contribution in [0.4, 0.5) is 30.2 Å². The van der Waals surface area contributed by atoms with Gasteiger partial charge in [0, 0.05) is 35.9 Å². The summed E-state index contributed by atoms with van der Waals surface area (Å²) in [4.78, 5) is 59.3. The minimum absolute atomic E-state index is 0.0154. The van der Waals surface area contributed by atoms with Gasteiger partial charge in [-0.05, 0) is 109 Å². The number of anilines is 3. The molecule has 0 radical (unpaired) electrons. The predicted octanol–water partition coefficient (Wildman–Crippen LogP) is 6.01. The molecule has 17 heteroatoms. The molecule has 2 N–H and O–H groups in total. The molecule has 2 saturated carbocycles. The number of pyridine rings is 1. The van der Waals surface area contributed by atoms with Crippen molar-refractivity contribution < 1.29 is 41.8 Å². The summed E-state index contributed by atoms with van der Waals surface area (Å²) < 4.78 is 53.5. The van der Waals surface area contributed by atoms with Gasteiger partial charge in [-0.2, -0.15) is 18.4 Å². The van der Waals surface area contributed by atoms with Gasteiger partial charge in [0.15, 0.2) is 16.6 Å². The van der Waals surface area contributed by atoms with Gasteiger partial charge < -0.3 is 25.0 Å². The van der Waals surface area contributed by atoms with Gasteiger partial charge in [0.2, 0.25) is 5.91 Å². The van der Waals surface area contributed by atoms with E-state index in [-0.39, 0.29) is 71.6 Å². The number of thiocarbonyl (C=S) groups is 1. The Bertz CT molecular complexity index is 1940. The Morgan fingerprint density at radius 1 is 1.00 bits per heavy atom. The van der Waals surface area contributed by atoms with Crippen molar-refractivity contribution >= 4 is 57.8 Å². The largest absolute Gasteiger partial charge is 0.419 e. The molecule has 0 bridgehead atoms. The summed E-state index contributed by atoms with van der Waals surface area (Å²) in [5.41, 5.74) is -1.90. The molecule has 2 amide bonds. The van der Waals surface area contributed by atoms with Gasteiger partial charge in [-0.3, -0.25) is 29.0 Å². The van der Waals surface area contributed by atoms with Gasteiger partial charge in [0.05, 0.1) is 61.9 Å². The molecule has 4 atom stereocenters. The fraction of sp³-hybridized carbons (Fsp3) is 0.585. The second-order valence-electron chi connectivity index (χ2n) is 16.2. The number of carbonyl (C=O) groups is 4. The number of hydrogen-bond donors (Lipinski definition) is 2. The third kappa shape index (κ3) is 9.68. The van der Waals surface area contributed by atoms with Crippen molar-refractivity contribution in [1.82, 2.24) is 14.8 Å². The van der Waals surface area contributed by atoms with Crippen LogP contribution in [0.3, 0.4) is 0 Å². The Labute approximate surface area is 341 Å². The second kappa shape index (κ2) is 17.8. The van der Waals surface area contributed by atoms with Gasteiger partial charge in [-0.1, -0.05) is 6.07 Å². The van der Waals surface area contributed by atoms with E-state index in [1.807, 2.05) is 17.0 Å². The first kappa shape index (κ1) is 43.1. The standard InChI is InChI=1S/C41H50F3N7O6S/c1-24-16-32(17-25(2)49(24)23-37(54)48-27-7-5-6-26(18-27)47-34-13-10-30(52)20-36(34)53)57-15-14-56-31-11-8-28(9-12-31)51-39(58)50(38(55)40(51,3)4)29-19-33(41(42,43)44)35(21-45)46-22-29/h5-7,18-19,22,24-25,28,31-32,34,47H,8-17,20,23H2,1-4H3,(H,48,54)/t24-,25+,28?,31?,32?,34?. The Balaban J connectivity index is 0.919. The quantitative estimate of drug-likeness (QED) is 0.146. The number of piperidine rings is 1. The number of ketones is 2. The number of carbonyl (C=O) groups excluding carboxylic acids is 4. The van der Waals surface area contributed by atoms with E-state index in [2.05, 4.69) is 34.4 Å². The Hall–Kier alpha value is -4.50. The summed E-state index contributed by atoms with van der Waals surface area (Å²) in [5.74, 6) is -0.748. The highest BCUT2D eigenvalue weighted by Crippen LogP contribution is 2.40. The van der Waals surface area contributed by atoms with Gasteiger partial charge in [0.1, 0.15) is 17.4 Å². The highest BCUT2D eigenvalue weighted by Gasteiger charge is 2.53. The lowest BCUT2D eigenvalue weighted by molar-refractivity contribution is -0.138. The van der Waals surface area contributed by atoms with Crippen LogP contribution in [0, 0.1) is 11.3 Å². The molecular weight excluding hydrogens is 776 g/mol. The van der Waals surface area contributed by atoms with Gasteiger partial charge in [0.25, 0.3) is 5.91 Å². The molecule has 13 nitrogen and oxygen atoms in total. The second-order valence-corrected chi connectivity index (χ2v) is 16.6. The van der Waals surface area contributed by atoms with Crippen LogP contribution in [0.1, 0.15) is 96.7 Å². The third-order valence-corrected chi connectivity index (χ3v) is 12.1. The molecule has 0 spiro atoms. The van der Waals surface area contributed by atoms with E-state index in [9.17, 15) is 32.3 Å². The molecule has 6 rings (SSSR count). The lowest BCUT2D eigenvalue weighted by Gasteiger charge is -2.42. The molecule has 2 unspecified atom stereocenters. The normalized spacial score (nSPS) is 26.8.